The second-order valence-corrected chi connectivity index (χ2v) is 7.68. The van der Waals surface area contributed by atoms with Crippen molar-refractivity contribution in [3.63, 3.8) is 0 Å². The number of ether oxygens (including phenoxy) is 2. The highest BCUT2D eigenvalue weighted by molar-refractivity contribution is 5.65. The van der Waals surface area contributed by atoms with E-state index in [2.05, 4.69) is 28.4 Å². The highest BCUT2D eigenvalue weighted by Gasteiger charge is 2.33. The molecule has 5 rings (SSSR count). The summed E-state index contributed by atoms with van der Waals surface area (Å²) in [6.07, 6.45) is 2.63. The molecule has 0 radical (unpaired) electrons. The number of fused-ring (bicyclic) bond motifs is 2. The minimum absolute atomic E-state index is 0.125. The molecule has 2 heterocycles. The summed E-state index contributed by atoms with van der Waals surface area (Å²) < 4.78 is 11.6. The quantitative estimate of drug-likeness (QED) is 0.875. The fraction of sp³-hybridized carbons (Fsp3) is 0.455. The summed E-state index contributed by atoms with van der Waals surface area (Å²) in [7, 11) is 0. The minimum atomic E-state index is -0.397. The van der Waals surface area contributed by atoms with Crippen LogP contribution in [0.3, 0.4) is 0 Å². The average molecular weight is 366 g/mol. The molecule has 1 aliphatic carbocycles. The maximum Gasteiger partial charge on any atom is 0.184 e. The van der Waals surface area contributed by atoms with E-state index in [4.69, 9.17) is 9.47 Å². The van der Waals surface area contributed by atoms with Crippen LogP contribution < -0.4 is 19.7 Å². The van der Waals surface area contributed by atoms with E-state index < -0.39 is 6.10 Å². The molecule has 5 nitrogen and oxygen atoms in total. The van der Waals surface area contributed by atoms with Crippen molar-refractivity contribution < 1.29 is 14.6 Å². The summed E-state index contributed by atoms with van der Waals surface area (Å²) >= 11 is 0. The first kappa shape index (κ1) is 16.9. The van der Waals surface area contributed by atoms with Crippen LogP contribution in [-0.2, 0) is 6.42 Å². The number of piperidine rings is 1. The van der Waals surface area contributed by atoms with E-state index in [0.717, 1.165) is 55.1 Å². The van der Waals surface area contributed by atoms with E-state index in [0.29, 0.717) is 19.3 Å². The zero-order valence-corrected chi connectivity index (χ0v) is 15.4. The monoisotopic (exact) mass is 366 g/mol. The molecule has 2 aromatic carbocycles. The Bertz CT molecular complexity index is 817. The van der Waals surface area contributed by atoms with Crippen molar-refractivity contribution in [2.24, 2.45) is 0 Å². The molecular weight excluding hydrogens is 340 g/mol. The number of aliphatic hydroxyl groups is 1. The van der Waals surface area contributed by atoms with Gasteiger partial charge in [-0.05, 0) is 42.5 Å². The van der Waals surface area contributed by atoms with Crippen LogP contribution in [-0.4, -0.2) is 43.5 Å². The van der Waals surface area contributed by atoms with Crippen LogP contribution >= 0.6 is 0 Å². The number of rotatable bonds is 3. The fourth-order valence-corrected chi connectivity index (χ4v) is 4.62. The Morgan fingerprint density at radius 1 is 0.963 bits per heavy atom. The average Bonchev–Trinajstić information content (AvgIpc) is 3.04. The molecule has 2 aromatic rings. The van der Waals surface area contributed by atoms with Gasteiger partial charge in [-0.15, -0.1) is 0 Å². The molecule has 27 heavy (non-hydrogen) atoms. The van der Waals surface area contributed by atoms with Crippen molar-refractivity contribution in [3.8, 4) is 11.5 Å². The lowest BCUT2D eigenvalue weighted by molar-refractivity contribution is 0.132. The van der Waals surface area contributed by atoms with Gasteiger partial charge < -0.3 is 24.8 Å². The highest BCUT2D eigenvalue weighted by atomic mass is 16.6. The third-order valence-electron chi connectivity index (χ3n) is 6.03. The first-order valence-electron chi connectivity index (χ1n) is 9.95. The molecule has 0 bridgehead atoms. The van der Waals surface area contributed by atoms with Crippen LogP contribution in [0.2, 0.25) is 0 Å². The van der Waals surface area contributed by atoms with Gasteiger partial charge in [0.25, 0.3) is 0 Å². The van der Waals surface area contributed by atoms with E-state index in [-0.39, 0.29) is 6.04 Å². The van der Waals surface area contributed by atoms with Gasteiger partial charge in [-0.1, -0.05) is 30.3 Å². The van der Waals surface area contributed by atoms with Crippen LogP contribution in [0.25, 0.3) is 0 Å². The Morgan fingerprint density at radius 3 is 2.63 bits per heavy atom. The van der Waals surface area contributed by atoms with Crippen molar-refractivity contribution in [2.75, 3.05) is 31.2 Å². The zero-order chi connectivity index (χ0) is 18.2. The molecule has 2 aliphatic heterocycles. The third-order valence-corrected chi connectivity index (χ3v) is 6.03. The van der Waals surface area contributed by atoms with E-state index in [9.17, 15) is 5.11 Å². The Labute approximate surface area is 159 Å². The van der Waals surface area contributed by atoms with Crippen molar-refractivity contribution in [1.82, 2.24) is 5.32 Å². The predicted molar refractivity (Wildman–Crippen MR) is 105 cm³/mol. The summed E-state index contributed by atoms with van der Waals surface area (Å²) in [5.41, 5.74) is 3.49. The largest absolute Gasteiger partial charge is 0.486 e. The van der Waals surface area contributed by atoms with Crippen molar-refractivity contribution in [2.45, 2.75) is 37.5 Å². The topological polar surface area (TPSA) is 54.0 Å². The molecular formula is C22H26N2O3. The Kier molecular flexibility index (Phi) is 4.42. The van der Waals surface area contributed by atoms with Gasteiger partial charge in [0, 0.05) is 25.2 Å². The van der Waals surface area contributed by atoms with Crippen molar-refractivity contribution in [3.05, 3.63) is 53.6 Å². The molecule has 1 saturated heterocycles. The number of nitrogens with one attached hydrogen (secondary N) is 1. The van der Waals surface area contributed by atoms with Crippen LogP contribution in [0.5, 0.6) is 11.5 Å². The minimum Gasteiger partial charge on any atom is -0.486 e. The lowest BCUT2D eigenvalue weighted by Gasteiger charge is -2.37. The fourth-order valence-electron chi connectivity index (χ4n) is 4.62. The number of anilines is 1. The molecule has 0 spiro atoms. The maximum absolute atomic E-state index is 10.6. The molecule has 0 aromatic heterocycles. The Balaban J connectivity index is 1.22. The molecule has 3 aliphatic rings. The van der Waals surface area contributed by atoms with Gasteiger partial charge in [0.15, 0.2) is 11.5 Å². The molecule has 2 N–H and O–H groups in total. The molecule has 1 fully saturated rings. The first-order valence-corrected chi connectivity index (χ1v) is 9.95. The SMILES string of the molecule is OC1c2ccccc2CC1NC1CCN(c2cccc3c2OCCO3)CC1. The lowest BCUT2D eigenvalue weighted by Crippen LogP contribution is -2.47. The molecule has 2 atom stereocenters. The Morgan fingerprint density at radius 2 is 1.78 bits per heavy atom. The maximum atomic E-state index is 10.6. The highest BCUT2D eigenvalue weighted by Crippen LogP contribution is 2.40. The van der Waals surface area contributed by atoms with Crippen LogP contribution in [0.4, 0.5) is 5.69 Å². The van der Waals surface area contributed by atoms with Gasteiger partial charge in [0.2, 0.25) is 0 Å². The summed E-state index contributed by atoms with van der Waals surface area (Å²) in [4.78, 5) is 2.39. The van der Waals surface area contributed by atoms with Crippen molar-refractivity contribution >= 4 is 5.69 Å². The van der Waals surface area contributed by atoms with E-state index in [1.54, 1.807) is 0 Å². The van der Waals surface area contributed by atoms with E-state index >= 15 is 0 Å². The van der Waals surface area contributed by atoms with Crippen LogP contribution in [0.1, 0.15) is 30.1 Å². The second kappa shape index (κ2) is 7.06. The summed E-state index contributed by atoms with van der Waals surface area (Å²) in [6.45, 7) is 3.19. The molecule has 2 unspecified atom stereocenters. The summed E-state index contributed by atoms with van der Waals surface area (Å²) in [5.74, 6) is 1.74. The molecule has 142 valence electrons. The van der Waals surface area contributed by atoms with Gasteiger partial charge in [0.1, 0.15) is 13.2 Å². The van der Waals surface area contributed by atoms with E-state index in [1.165, 1.54) is 5.56 Å². The second-order valence-electron chi connectivity index (χ2n) is 7.68. The van der Waals surface area contributed by atoms with Crippen LogP contribution in [0.15, 0.2) is 42.5 Å². The summed E-state index contributed by atoms with van der Waals surface area (Å²) in [6, 6.07) is 14.9. The molecule has 5 heteroatoms. The molecule has 0 amide bonds. The van der Waals surface area contributed by atoms with E-state index in [1.807, 2.05) is 24.3 Å². The van der Waals surface area contributed by atoms with Gasteiger partial charge in [-0.3, -0.25) is 0 Å². The number of benzene rings is 2. The van der Waals surface area contributed by atoms with Gasteiger partial charge >= 0.3 is 0 Å². The smallest absolute Gasteiger partial charge is 0.184 e. The lowest BCUT2D eigenvalue weighted by atomic mass is 10.0. The first-order chi connectivity index (χ1) is 13.3. The van der Waals surface area contributed by atoms with Gasteiger partial charge in [-0.2, -0.15) is 0 Å². The zero-order valence-electron chi connectivity index (χ0n) is 15.4. The number of nitrogens with zero attached hydrogens (tertiary/aromatic N) is 1. The van der Waals surface area contributed by atoms with Crippen molar-refractivity contribution in [1.29, 1.82) is 0 Å². The standard InChI is InChI=1S/C22H26N2O3/c25-21-17-5-2-1-4-15(17)14-18(21)23-16-8-10-24(11-9-16)19-6-3-7-20-22(19)27-13-12-26-20/h1-7,16,18,21,23,25H,8-14H2. The molecule has 0 saturated carbocycles. The normalized spacial score (nSPS) is 24.7. The number of aliphatic hydroxyl groups excluding tert-OH is 1. The summed E-state index contributed by atoms with van der Waals surface area (Å²) in [5, 5.41) is 14.3. The van der Waals surface area contributed by atoms with Gasteiger partial charge in [-0.25, -0.2) is 0 Å². The number of hydrogen-bond acceptors (Lipinski definition) is 5. The van der Waals surface area contributed by atoms with Crippen LogP contribution in [0, 0.1) is 0 Å². The predicted octanol–water partition coefficient (Wildman–Crippen LogP) is 2.67. The van der Waals surface area contributed by atoms with Gasteiger partial charge in [0.05, 0.1) is 11.8 Å². The Hall–Kier alpha value is -2.24. The number of para-hydroxylation sites is 1. The number of hydrogen-bond donors (Lipinski definition) is 2. The third kappa shape index (κ3) is 3.15.